The fourth-order valence-electron chi connectivity index (χ4n) is 1.64. The third-order valence-corrected chi connectivity index (χ3v) is 2.32. The molecule has 0 spiro atoms. The molecule has 1 N–H and O–H groups in total. The predicted octanol–water partition coefficient (Wildman–Crippen LogP) is 2.85. The van der Waals surface area contributed by atoms with Crippen LogP contribution in [0.2, 0.25) is 0 Å². The zero-order valence-corrected chi connectivity index (χ0v) is 10.2. The number of anilines is 2. The fraction of sp³-hybridized carbons (Fsp3) is 0.231. The van der Waals surface area contributed by atoms with Crippen molar-refractivity contribution in [3.05, 3.63) is 41.7 Å². The van der Waals surface area contributed by atoms with Gasteiger partial charge < -0.3 is 10.1 Å². The van der Waals surface area contributed by atoms with E-state index >= 15 is 0 Å². The van der Waals surface area contributed by atoms with Gasteiger partial charge in [0.2, 0.25) is 0 Å². The lowest BCUT2D eigenvalue weighted by Crippen LogP contribution is -1.98. The molecule has 17 heavy (non-hydrogen) atoms. The molecule has 2 heterocycles. The number of nitrogens with one attached hydrogen (secondary N) is 1. The number of aryl methyl sites for hydroxylation is 2. The number of aromatic nitrogens is 2. The molecule has 0 aliphatic heterocycles. The Morgan fingerprint density at radius 1 is 1.12 bits per heavy atom. The van der Waals surface area contributed by atoms with E-state index in [0.717, 1.165) is 23.1 Å². The lowest BCUT2D eigenvalue weighted by molar-refractivity contribution is 0.414. The summed E-state index contributed by atoms with van der Waals surface area (Å²) in [5, 5.41) is 3.16. The summed E-state index contributed by atoms with van der Waals surface area (Å²) in [6.07, 6.45) is 1.70. The zero-order chi connectivity index (χ0) is 12.3. The van der Waals surface area contributed by atoms with Gasteiger partial charge in [-0.3, -0.25) is 0 Å². The van der Waals surface area contributed by atoms with Crippen LogP contribution >= 0.6 is 0 Å². The Bertz CT molecular complexity index is 506. The van der Waals surface area contributed by atoms with Crippen LogP contribution in [-0.4, -0.2) is 17.1 Å². The first-order valence-electron chi connectivity index (χ1n) is 5.40. The van der Waals surface area contributed by atoms with Crippen LogP contribution in [0.15, 0.2) is 30.5 Å². The highest BCUT2D eigenvalue weighted by Crippen LogP contribution is 2.18. The Labute approximate surface area is 101 Å². The summed E-state index contributed by atoms with van der Waals surface area (Å²) in [4.78, 5) is 8.60. The highest BCUT2D eigenvalue weighted by molar-refractivity contribution is 5.54. The molecule has 88 valence electrons. The van der Waals surface area contributed by atoms with Crippen molar-refractivity contribution >= 4 is 11.6 Å². The van der Waals surface area contributed by atoms with Crippen LogP contribution < -0.4 is 10.1 Å². The van der Waals surface area contributed by atoms with Gasteiger partial charge >= 0.3 is 0 Å². The van der Waals surface area contributed by atoms with Crippen molar-refractivity contribution in [3.63, 3.8) is 0 Å². The first kappa shape index (κ1) is 11.4. The molecule has 0 bridgehead atoms. The zero-order valence-electron chi connectivity index (χ0n) is 10.2. The topological polar surface area (TPSA) is 47.0 Å². The van der Waals surface area contributed by atoms with Crippen LogP contribution in [0.25, 0.3) is 0 Å². The largest absolute Gasteiger partial charge is 0.497 e. The molecule has 2 aromatic rings. The number of nitrogens with zero attached hydrogens (tertiary/aromatic N) is 2. The van der Waals surface area contributed by atoms with Gasteiger partial charge in [-0.15, -0.1) is 0 Å². The molecular weight excluding hydrogens is 214 g/mol. The van der Waals surface area contributed by atoms with Gasteiger partial charge in [0.1, 0.15) is 17.4 Å². The Morgan fingerprint density at radius 3 is 2.65 bits per heavy atom. The van der Waals surface area contributed by atoms with Crippen LogP contribution in [-0.2, 0) is 0 Å². The highest BCUT2D eigenvalue weighted by atomic mass is 16.5. The van der Waals surface area contributed by atoms with Crippen LogP contribution in [0.1, 0.15) is 11.3 Å². The minimum absolute atomic E-state index is 0.724. The molecule has 2 aromatic heterocycles. The molecule has 0 atom stereocenters. The molecule has 2 rings (SSSR count). The number of hydrogen-bond acceptors (Lipinski definition) is 4. The van der Waals surface area contributed by atoms with E-state index in [-0.39, 0.29) is 0 Å². The molecule has 0 amide bonds. The minimum Gasteiger partial charge on any atom is -0.497 e. The van der Waals surface area contributed by atoms with E-state index in [0.29, 0.717) is 0 Å². The Balaban J connectivity index is 2.24. The van der Waals surface area contributed by atoms with Gasteiger partial charge in [0.05, 0.1) is 7.11 Å². The van der Waals surface area contributed by atoms with E-state index in [1.54, 1.807) is 19.4 Å². The number of rotatable bonds is 3. The molecule has 4 heteroatoms. The molecular formula is C13H15N3O. The van der Waals surface area contributed by atoms with Gasteiger partial charge in [-0.25, -0.2) is 9.97 Å². The lowest BCUT2D eigenvalue weighted by Gasteiger charge is -2.07. The standard InChI is InChI=1S/C13H15N3O/c1-9-6-10(2)15-13(7-9)16-12-8-11(17-3)4-5-14-12/h4-8H,1-3H3,(H,14,15,16). The molecule has 0 fully saturated rings. The Kier molecular flexibility index (Phi) is 3.23. The van der Waals surface area contributed by atoms with Gasteiger partial charge in [-0.2, -0.15) is 0 Å². The summed E-state index contributed by atoms with van der Waals surface area (Å²) >= 11 is 0. The second-order valence-electron chi connectivity index (χ2n) is 3.88. The fourth-order valence-corrected chi connectivity index (χ4v) is 1.64. The molecule has 0 unspecified atom stereocenters. The average molecular weight is 229 g/mol. The first-order chi connectivity index (χ1) is 8.17. The van der Waals surface area contributed by atoms with Gasteiger partial charge in [0.15, 0.2) is 0 Å². The maximum atomic E-state index is 5.14. The Hall–Kier alpha value is -2.10. The second kappa shape index (κ2) is 4.82. The van der Waals surface area contributed by atoms with Crippen LogP contribution in [0.3, 0.4) is 0 Å². The van der Waals surface area contributed by atoms with E-state index in [1.165, 1.54) is 5.56 Å². The van der Waals surface area contributed by atoms with Crippen LogP contribution in [0.4, 0.5) is 11.6 Å². The average Bonchev–Trinajstić information content (AvgIpc) is 2.28. The predicted molar refractivity (Wildman–Crippen MR) is 67.8 cm³/mol. The summed E-state index contributed by atoms with van der Waals surface area (Å²) < 4.78 is 5.14. The van der Waals surface area contributed by atoms with E-state index in [1.807, 2.05) is 32.0 Å². The summed E-state index contributed by atoms with van der Waals surface area (Å²) in [7, 11) is 1.63. The van der Waals surface area contributed by atoms with E-state index < -0.39 is 0 Å². The molecule has 0 aliphatic rings. The first-order valence-corrected chi connectivity index (χ1v) is 5.40. The van der Waals surface area contributed by atoms with Crippen LogP contribution in [0.5, 0.6) is 5.75 Å². The number of pyridine rings is 2. The van der Waals surface area contributed by atoms with Crippen molar-refractivity contribution in [2.24, 2.45) is 0 Å². The monoisotopic (exact) mass is 229 g/mol. The van der Waals surface area contributed by atoms with E-state index in [2.05, 4.69) is 15.3 Å². The summed E-state index contributed by atoms with van der Waals surface area (Å²) in [5.74, 6) is 2.29. The summed E-state index contributed by atoms with van der Waals surface area (Å²) in [6.45, 7) is 4.01. The van der Waals surface area contributed by atoms with Crippen molar-refractivity contribution < 1.29 is 4.74 Å². The minimum atomic E-state index is 0.724. The molecule has 0 saturated carbocycles. The Morgan fingerprint density at radius 2 is 1.94 bits per heavy atom. The normalized spacial score (nSPS) is 10.1. The van der Waals surface area contributed by atoms with Crippen molar-refractivity contribution in [2.75, 3.05) is 12.4 Å². The maximum absolute atomic E-state index is 5.14. The van der Waals surface area contributed by atoms with Crippen LogP contribution in [0, 0.1) is 13.8 Å². The molecule has 0 radical (unpaired) electrons. The molecule has 0 saturated heterocycles. The maximum Gasteiger partial charge on any atom is 0.135 e. The number of ether oxygens (including phenoxy) is 1. The molecule has 4 nitrogen and oxygen atoms in total. The van der Waals surface area contributed by atoms with Crippen molar-refractivity contribution in [2.45, 2.75) is 13.8 Å². The molecule has 0 aromatic carbocycles. The van der Waals surface area contributed by atoms with E-state index in [9.17, 15) is 0 Å². The lowest BCUT2D eigenvalue weighted by atomic mass is 10.2. The third kappa shape index (κ3) is 2.93. The van der Waals surface area contributed by atoms with Gasteiger partial charge in [-0.1, -0.05) is 0 Å². The summed E-state index contributed by atoms with van der Waals surface area (Å²) in [5.41, 5.74) is 2.15. The molecule has 0 aliphatic carbocycles. The quantitative estimate of drug-likeness (QED) is 0.879. The second-order valence-corrected chi connectivity index (χ2v) is 3.88. The SMILES string of the molecule is COc1ccnc(Nc2cc(C)cc(C)n2)c1. The smallest absolute Gasteiger partial charge is 0.135 e. The van der Waals surface area contributed by atoms with Gasteiger partial charge in [-0.05, 0) is 37.6 Å². The number of hydrogen-bond donors (Lipinski definition) is 1. The summed E-state index contributed by atoms with van der Waals surface area (Å²) in [6, 6.07) is 7.65. The number of methoxy groups -OCH3 is 1. The van der Waals surface area contributed by atoms with E-state index in [4.69, 9.17) is 4.74 Å². The van der Waals surface area contributed by atoms with Gasteiger partial charge in [0, 0.05) is 18.0 Å². The van der Waals surface area contributed by atoms with Crippen molar-refractivity contribution in [3.8, 4) is 5.75 Å². The van der Waals surface area contributed by atoms with Crippen molar-refractivity contribution in [1.29, 1.82) is 0 Å². The van der Waals surface area contributed by atoms with Gasteiger partial charge in [0.25, 0.3) is 0 Å². The van der Waals surface area contributed by atoms with Crippen molar-refractivity contribution in [1.82, 2.24) is 9.97 Å². The highest BCUT2D eigenvalue weighted by Gasteiger charge is 2.00. The third-order valence-electron chi connectivity index (χ3n) is 2.32.